The third-order valence-electron chi connectivity index (χ3n) is 7.05. The average molecular weight is 463 g/mol. The van der Waals surface area contributed by atoms with Gasteiger partial charge in [-0.1, -0.05) is 43.3 Å². The van der Waals surface area contributed by atoms with E-state index in [9.17, 15) is 9.59 Å². The number of benzene rings is 1. The summed E-state index contributed by atoms with van der Waals surface area (Å²) in [5.41, 5.74) is 15.1. The standard InChI is InChI=1S/C25H30N6O3/c1-24(2)12-16(13-24)17-11-19(34-30-17)28-18(32)10-14-4-6-15(7-5-14)21-20(23(27)33)22(26)31(29-21)25(3)8-9-25/h4-7,11,16H,8-10,12-13,26H2,1-3H3,(H2,27,33)(H,28,32). The number of nitrogens with one attached hydrogen (secondary N) is 1. The van der Waals surface area contributed by atoms with E-state index in [0.29, 0.717) is 28.7 Å². The zero-order valence-corrected chi connectivity index (χ0v) is 19.7. The second kappa shape index (κ2) is 7.72. The third kappa shape index (κ3) is 4.06. The number of nitrogens with zero attached hydrogens (tertiary/aromatic N) is 3. The first-order chi connectivity index (χ1) is 16.0. The highest BCUT2D eigenvalue weighted by atomic mass is 16.5. The molecule has 2 aliphatic rings. The molecule has 0 bridgehead atoms. The van der Waals surface area contributed by atoms with E-state index in [-0.39, 0.29) is 23.4 Å². The molecule has 2 aliphatic carbocycles. The molecular weight excluding hydrogens is 432 g/mol. The fraction of sp³-hybridized carbons (Fsp3) is 0.440. The number of rotatable bonds is 7. The van der Waals surface area contributed by atoms with Crippen molar-refractivity contribution < 1.29 is 14.1 Å². The van der Waals surface area contributed by atoms with Crippen molar-refractivity contribution in [2.24, 2.45) is 11.1 Å². The Bertz CT molecular complexity index is 1260. The van der Waals surface area contributed by atoms with E-state index >= 15 is 0 Å². The average Bonchev–Trinajstić information content (AvgIpc) is 3.17. The molecule has 0 radical (unpaired) electrons. The van der Waals surface area contributed by atoms with E-state index in [1.807, 2.05) is 30.3 Å². The second-order valence-corrected chi connectivity index (χ2v) is 10.7. The first kappa shape index (κ1) is 22.2. The molecule has 0 aliphatic heterocycles. The number of hydrogen-bond acceptors (Lipinski definition) is 6. The van der Waals surface area contributed by atoms with Crippen molar-refractivity contribution in [2.75, 3.05) is 11.1 Å². The van der Waals surface area contributed by atoms with Gasteiger partial charge in [-0.05, 0) is 43.6 Å². The van der Waals surface area contributed by atoms with Gasteiger partial charge in [0.1, 0.15) is 17.1 Å². The number of anilines is 2. The molecule has 0 saturated heterocycles. The molecule has 2 amide bonds. The van der Waals surface area contributed by atoms with Gasteiger partial charge in [-0.15, -0.1) is 0 Å². The monoisotopic (exact) mass is 462 g/mol. The summed E-state index contributed by atoms with van der Waals surface area (Å²) in [7, 11) is 0. The summed E-state index contributed by atoms with van der Waals surface area (Å²) in [6, 6.07) is 9.11. The number of amides is 2. The minimum atomic E-state index is -0.608. The summed E-state index contributed by atoms with van der Waals surface area (Å²) < 4.78 is 7.02. The van der Waals surface area contributed by atoms with Gasteiger partial charge in [0.2, 0.25) is 11.8 Å². The Kier molecular flexibility index (Phi) is 5.03. The van der Waals surface area contributed by atoms with Crippen molar-refractivity contribution in [3.8, 4) is 11.3 Å². The van der Waals surface area contributed by atoms with Crippen LogP contribution in [0.5, 0.6) is 0 Å². The lowest BCUT2D eigenvalue weighted by Crippen LogP contribution is -2.29. The topological polar surface area (TPSA) is 142 Å². The number of aromatic nitrogens is 3. The molecule has 2 fully saturated rings. The zero-order chi connectivity index (χ0) is 24.3. The Labute approximate surface area is 197 Å². The predicted molar refractivity (Wildman–Crippen MR) is 128 cm³/mol. The number of nitrogen functional groups attached to an aromatic ring is 1. The van der Waals surface area contributed by atoms with Gasteiger partial charge >= 0.3 is 0 Å². The molecule has 3 aromatic rings. The minimum absolute atomic E-state index is 0.167. The molecule has 0 unspecified atom stereocenters. The van der Waals surface area contributed by atoms with E-state index in [1.54, 1.807) is 4.68 Å². The van der Waals surface area contributed by atoms with Crippen LogP contribution in [-0.4, -0.2) is 26.8 Å². The van der Waals surface area contributed by atoms with E-state index in [4.69, 9.17) is 16.0 Å². The Hall–Kier alpha value is -3.62. The van der Waals surface area contributed by atoms with Crippen LogP contribution in [0.2, 0.25) is 0 Å². The van der Waals surface area contributed by atoms with Gasteiger partial charge < -0.3 is 16.0 Å². The van der Waals surface area contributed by atoms with Crippen molar-refractivity contribution >= 4 is 23.5 Å². The Balaban J connectivity index is 1.26. The maximum absolute atomic E-state index is 12.5. The van der Waals surface area contributed by atoms with Crippen LogP contribution in [0.15, 0.2) is 34.9 Å². The molecule has 9 nitrogen and oxygen atoms in total. The quantitative estimate of drug-likeness (QED) is 0.487. The lowest BCUT2D eigenvalue weighted by Gasteiger charge is -2.41. The highest BCUT2D eigenvalue weighted by molar-refractivity contribution is 6.03. The SMILES string of the molecule is CC1(C)CC(c2cc(NC(=O)Cc3ccc(-c4nn(C5(C)CC5)c(N)c4C(N)=O)cc3)on2)C1. The van der Waals surface area contributed by atoms with E-state index in [0.717, 1.165) is 42.5 Å². The number of nitrogens with two attached hydrogens (primary N) is 2. The maximum Gasteiger partial charge on any atom is 0.254 e. The molecule has 2 aromatic heterocycles. The summed E-state index contributed by atoms with van der Waals surface area (Å²) in [5.74, 6) is 0.243. The molecular formula is C25H30N6O3. The summed E-state index contributed by atoms with van der Waals surface area (Å²) in [4.78, 5) is 24.6. The largest absolute Gasteiger partial charge is 0.383 e. The van der Waals surface area contributed by atoms with Crippen molar-refractivity contribution in [3.63, 3.8) is 0 Å². The van der Waals surface area contributed by atoms with Crippen molar-refractivity contribution in [3.05, 3.63) is 47.2 Å². The van der Waals surface area contributed by atoms with Crippen LogP contribution in [-0.2, 0) is 16.8 Å². The number of hydrogen-bond donors (Lipinski definition) is 3. The highest BCUT2D eigenvalue weighted by Gasteiger charge is 2.43. The fourth-order valence-electron chi connectivity index (χ4n) is 4.85. The molecule has 2 saturated carbocycles. The van der Waals surface area contributed by atoms with Crippen molar-refractivity contribution in [2.45, 2.75) is 64.3 Å². The minimum Gasteiger partial charge on any atom is -0.383 e. The molecule has 1 aromatic carbocycles. The summed E-state index contributed by atoms with van der Waals surface area (Å²) in [6.07, 6.45) is 4.22. The van der Waals surface area contributed by atoms with Crippen LogP contribution in [0.3, 0.4) is 0 Å². The summed E-state index contributed by atoms with van der Waals surface area (Å²) in [5, 5.41) is 11.5. The van der Waals surface area contributed by atoms with E-state index in [1.165, 1.54) is 0 Å². The summed E-state index contributed by atoms with van der Waals surface area (Å²) >= 11 is 0. The van der Waals surface area contributed by atoms with Gasteiger partial charge in [0.05, 0.1) is 17.7 Å². The Morgan fingerprint density at radius 3 is 2.44 bits per heavy atom. The Morgan fingerprint density at radius 2 is 1.85 bits per heavy atom. The number of carbonyl (C=O) groups excluding carboxylic acids is 2. The van der Waals surface area contributed by atoms with Gasteiger partial charge in [-0.3, -0.25) is 14.9 Å². The van der Waals surface area contributed by atoms with Crippen LogP contribution in [0.4, 0.5) is 11.7 Å². The maximum atomic E-state index is 12.5. The van der Waals surface area contributed by atoms with E-state index in [2.05, 4.69) is 36.3 Å². The molecule has 34 heavy (non-hydrogen) atoms. The van der Waals surface area contributed by atoms with Gasteiger partial charge in [0, 0.05) is 17.5 Å². The van der Waals surface area contributed by atoms with Crippen LogP contribution in [0.1, 0.15) is 74.0 Å². The molecule has 178 valence electrons. The molecule has 5 rings (SSSR count). The van der Waals surface area contributed by atoms with Crippen molar-refractivity contribution in [1.29, 1.82) is 0 Å². The summed E-state index contributed by atoms with van der Waals surface area (Å²) in [6.45, 7) is 6.53. The van der Waals surface area contributed by atoms with Crippen LogP contribution in [0, 0.1) is 5.41 Å². The zero-order valence-electron chi connectivity index (χ0n) is 19.7. The predicted octanol–water partition coefficient (Wildman–Crippen LogP) is 3.81. The number of carbonyl (C=O) groups is 2. The fourth-order valence-corrected chi connectivity index (χ4v) is 4.85. The smallest absolute Gasteiger partial charge is 0.254 e. The first-order valence-electron chi connectivity index (χ1n) is 11.6. The molecule has 5 N–H and O–H groups in total. The third-order valence-corrected chi connectivity index (χ3v) is 7.05. The van der Waals surface area contributed by atoms with Crippen LogP contribution in [0.25, 0.3) is 11.3 Å². The molecule has 9 heteroatoms. The Morgan fingerprint density at radius 1 is 1.18 bits per heavy atom. The van der Waals surface area contributed by atoms with Crippen molar-refractivity contribution in [1.82, 2.24) is 14.9 Å². The van der Waals surface area contributed by atoms with E-state index < -0.39 is 5.91 Å². The van der Waals surface area contributed by atoms with Gasteiger partial charge in [-0.25, -0.2) is 4.68 Å². The molecule has 0 atom stereocenters. The van der Waals surface area contributed by atoms with Gasteiger partial charge in [-0.2, -0.15) is 5.10 Å². The number of primary amides is 1. The normalized spacial score (nSPS) is 18.3. The molecule has 2 heterocycles. The molecule has 0 spiro atoms. The second-order valence-electron chi connectivity index (χ2n) is 10.7. The van der Waals surface area contributed by atoms with Gasteiger partial charge in [0.15, 0.2) is 0 Å². The van der Waals surface area contributed by atoms with Gasteiger partial charge in [0.25, 0.3) is 5.91 Å². The van der Waals surface area contributed by atoms with Crippen LogP contribution < -0.4 is 16.8 Å². The first-order valence-corrected chi connectivity index (χ1v) is 11.6. The lowest BCUT2D eigenvalue weighted by atomic mass is 9.63. The lowest BCUT2D eigenvalue weighted by molar-refractivity contribution is -0.115. The van der Waals surface area contributed by atoms with Crippen LogP contribution >= 0.6 is 0 Å². The highest BCUT2D eigenvalue weighted by Crippen LogP contribution is 2.50.